The first-order chi connectivity index (χ1) is 9.15. The minimum absolute atomic E-state index is 0.137. The second-order valence-corrected chi connectivity index (χ2v) is 8.44. The number of hydrogen-bond donors (Lipinski definition) is 1. The van der Waals surface area contributed by atoms with Crippen LogP contribution < -0.4 is 10.5 Å². The van der Waals surface area contributed by atoms with Crippen LogP contribution in [0.3, 0.4) is 0 Å². The second-order valence-electron chi connectivity index (χ2n) is 5.41. The van der Waals surface area contributed by atoms with Gasteiger partial charge in [-0.15, -0.1) is 0 Å². The van der Waals surface area contributed by atoms with Gasteiger partial charge in [0, 0.05) is 34.0 Å². The number of ether oxygens (including phenoxy) is 1. The van der Waals surface area contributed by atoms with E-state index in [0.717, 1.165) is 29.8 Å². The topological polar surface area (TPSA) is 35.2 Å². The molecule has 0 bridgehead atoms. The SMILES string of the molecule is CC1SCC(C(N)c2ccc3c(c2)CCO3)SC1C. The molecule has 0 aromatic heterocycles. The van der Waals surface area contributed by atoms with Crippen molar-refractivity contribution in [2.45, 2.75) is 42.1 Å². The Bertz CT molecular complexity index is 465. The predicted octanol–water partition coefficient (Wildman–Crippen LogP) is 3.25. The van der Waals surface area contributed by atoms with Gasteiger partial charge in [0.1, 0.15) is 5.75 Å². The van der Waals surface area contributed by atoms with Crippen molar-refractivity contribution >= 4 is 23.5 Å². The van der Waals surface area contributed by atoms with Crippen molar-refractivity contribution in [3.63, 3.8) is 0 Å². The highest BCUT2D eigenvalue weighted by molar-refractivity contribution is 8.07. The van der Waals surface area contributed by atoms with Gasteiger partial charge in [-0.25, -0.2) is 0 Å². The van der Waals surface area contributed by atoms with Gasteiger partial charge in [0.25, 0.3) is 0 Å². The summed E-state index contributed by atoms with van der Waals surface area (Å²) in [6.07, 6.45) is 1.02. The minimum atomic E-state index is 0.137. The molecule has 1 fully saturated rings. The van der Waals surface area contributed by atoms with Crippen molar-refractivity contribution in [1.82, 2.24) is 0 Å². The van der Waals surface area contributed by atoms with Crippen LogP contribution in [0.25, 0.3) is 0 Å². The van der Waals surface area contributed by atoms with E-state index >= 15 is 0 Å². The second kappa shape index (κ2) is 5.58. The van der Waals surface area contributed by atoms with Gasteiger partial charge in [-0.1, -0.05) is 26.0 Å². The van der Waals surface area contributed by atoms with E-state index in [2.05, 4.69) is 55.6 Å². The molecule has 2 N–H and O–H groups in total. The summed E-state index contributed by atoms with van der Waals surface area (Å²) in [6, 6.07) is 6.62. The molecule has 2 heterocycles. The summed E-state index contributed by atoms with van der Waals surface area (Å²) in [6.45, 7) is 5.45. The highest BCUT2D eigenvalue weighted by Gasteiger charge is 2.30. The number of fused-ring (bicyclic) bond motifs is 1. The van der Waals surface area contributed by atoms with Gasteiger partial charge in [0.05, 0.1) is 6.61 Å². The number of benzene rings is 1. The molecule has 1 saturated heterocycles. The molecule has 1 aromatic carbocycles. The Morgan fingerprint density at radius 1 is 1.32 bits per heavy atom. The molecule has 0 spiro atoms. The fourth-order valence-electron chi connectivity index (χ4n) is 2.62. The van der Waals surface area contributed by atoms with Crippen molar-refractivity contribution < 1.29 is 4.74 Å². The third-order valence-corrected chi connectivity index (χ3v) is 7.59. The van der Waals surface area contributed by atoms with Crippen LogP contribution in [0.1, 0.15) is 31.0 Å². The molecule has 19 heavy (non-hydrogen) atoms. The first-order valence-corrected chi connectivity index (χ1v) is 8.92. The average molecular weight is 295 g/mol. The van der Waals surface area contributed by atoms with E-state index in [0.29, 0.717) is 10.5 Å². The lowest BCUT2D eigenvalue weighted by Crippen LogP contribution is -2.34. The Kier molecular flexibility index (Phi) is 4.01. The van der Waals surface area contributed by atoms with Gasteiger partial charge in [0.15, 0.2) is 0 Å². The molecule has 2 aliphatic heterocycles. The maximum atomic E-state index is 6.50. The molecule has 4 unspecified atom stereocenters. The molecule has 0 aliphatic carbocycles. The molecule has 1 aromatic rings. The quantitative estimate of drug-likeness (QED) is 0.908. The van der Waals surface area contributed by atoms with Crippen molar-refractivity contribution in [3.8, 4) is 5.75 Å². The molecule has 4 atom stereocenters. The summed E-state index contributed by atoms with van der Waals surface area (Å²) < 4.78 is 5.56. The van der Waals surface area contributed by atoms with Crippen LogP contribution in [0.5, 0.6) is 5.75 Å². The summed E-state index contributed by atoms with van der Waals surface area (Å²) in [7, 11) is 0. The zero-order chi connectivity index (χ0) is 13.4. The highest BCUT2D eigenvalue weighted by Crippen LogP contribution is 2.41. The van der Waals surface area contributed by atoms with Crippen LogP contribution in [0.2, 0.25) is 0 Å². The molecule has 0 saturated carbocycles. The highest BCUT2D eigenvalue weighted by atomic mass is 32.2. The van der Waals surface area contributed by atoms with Gasteiger partial charge in [0.2, 0.25) is 0 Å². The number of nitrogens with two attached hydrogens (primary N) is 1. The normalized spacial score (nSPS) is 31.6. The summed E-state index contributed by atoms with van der Waals surface area (Å²) in [5.41, 5.74) is 9.09. The lowest BCUT2D eigenvalue weighted by molar-refractivity contribution is 0.357. The van der Waals surface area contributed by atoms with Crippen LogP contribution in [0.4, 0.5) is 0 Å². The lowest BCUT2D eigenvalue weighted by Gasteiger charge is -2.34. The van der Waals surface area contributed by atoms with Crippen LogP contribution in [0, 0.1) is 0 Å². The molecular weight excluding hydrogens is 274 g/mol. The molecule has 2 aliphatic rings. The maximum Gasteiger partial charge on any atom is 0.122 e. The summed E-state index contributed by atoms with van der Waals surface area (Å²) in [5, 5.41) is 1.95. The van der Waals surface area contributed by atoms with E-state index < -0.39 is 0 Å². The van der Waals surface area contributed by atoms with E-state index in [4.69, 9.17) is 10.5 Å². The van der Waals surface area contributed by atoms with Crippen LogP contribution in [-0.2, 0) is 6.42 Å². The standard InChI is InChI=1S/C15H21NOS2/c1-9-10(2)19-14(8-18-9)15(16)12-3-4-13-11(7-12)5-6-17-13/h3-4,7,9-10,14-15H,5-6,8,16H2,1-2H3. The maximum absolute atomic E-state index is 6.50. The molecule has 3 rings (SSSR count). The fraction of sp³-hybridized carbons (Fsp3) is 0.600. The van der Waals surface area contributed by atoms with Gasteiger partial charge in [-0.05, 0) is 17.2 Å². The number of rotatable bonds is 2. The van der Waals surface area contributed by atoms with Crippen molar-refractivity contribution in [1.29, 1.82) is 0 Å². The van der Waals surface area contributed by atoms with E-state index in [9.17, 15) is 0 Å². The largest absolute Gasteiger partial charge is 0.493 e. The van der Waals surface area contributed by atoms with E-state index in [1.165, 1.54) is 11.1 Å². The van der Waals surface area contributed by atoms with Crippen molar-refractivity contribution in [2.75, 3.05) is 12.4 Å². The number of thioether (sulfide) groups is 2. The molecule has 2 nitrogen and oxygen atoms in total. The summed E-state index contributed by atoms with van der Waals surface area (Å²) in [5.74, 6) is 2.20. The van der Waals surface area contributed by atoms with Gasteiger partial charge >= 0.3 is 0 Å². The molecular formula is C15H21NOS2. The monoisotopic (exact) mass is 295 g/mol. The third-order valence-electron chi connectivity index (χ3n) is 4.07. The average Bonchev–Trinajstić information content (AvgIpc) is 2.88. The molecule has 4 heteroatoms. The molecule has 0 amide bonds. The predicted molar refractivity (Wildman–Crippen MR) is 85.3 cm³/mol. The molecule has 104 valence electrons. The lowest BCUT2D eigenvalue weighted by atomic mass is 10.0. The van der Waals surface area contributed by atoms with E-state index in [1.807, 2.05) is 0 Å². The van der Waals surface area contributed by atoms with Crippen LogP contribution >= 0.6 is 23.5 Å². The zero-order valence-electron chi connectivity index (χ0n) is 11.5. The van der Waals surface area contributed by atoms with Crippen molar-refractivity contribution in [3.05, 3.63) is 29.3 Å². The van der Waals surface area contributed by atoms with Gasteiger partial charge in [-0.3, -0.25) is 0 Å². The number of hydrogen-bond acceptors (Lipinski definition) is 4. The zero-order valence-corrected chi connectivity index (χ0v) is 13.1. The van der Waals surface area contributed by atoms with Crippen LogP contribution in [-0.4, -0.2) is 28.1 Å². The Labute approximate surface area is 123 Å². The molecule has 0 radical (unpaired) electrons. The third kappa shape index (κ3) is 2.76. The van der Waals surface area contributed by atoms with Gasteiger partial charge in [-0.2, -0.15) is 23.5 Å². The Morgan fingerprint density at radius 2 is 2.16 bits per heavy atom. The van der Waals surface area contributed by atoms with E-state index in [1.54, 1.807) is 0 Å². The Balaban J connectivity index is 1.75. The van der Waals surface area contributed by atoms with Gasteiger partial charge < -0.3 is 10.5 Å². The summed E-state index contributed by atoms with van der Waals surface area (Å²) in [4.78, 5) is 0. The Morgan fingerprint density at radius 3 is 2.95 bits per heavy atom. The first-order valence-electron chi connectivity index (χ1n) is 6.93. The van der Waals surface area contributed by atoms with Crippen LogP contribution in [0.15, 0.2) is 18.2 Å². The fourth-order valence-corrected chi connectivity index (χ4v) is 5.67. The summed E-state index contributed by atoms with van der Waals surface area (Å²) >= 11 is 4.11. The first kappa shape index (κ1) is 13.7. The minimum Gasteiger partial charge on any atom is -0.493 e. The Hall–Kier alpha value is -0.320. The van der Waals surface area contributed by atoms with Crippen molar-refractivity contribution in [2.24, 2.45) is 5.73 Å². The smallest absolute Gasteiger partial charge is 0.122 e. The van der Waals surface area contributed by atoms with E-state index in [-0.39, 0.29) is 6.04 Å².